The van der Waals surface area contributed by atoms with Gasteiger partial charge < -0.3 is 10.1 Å². The van der Waals surface area contributed by atoms with E-state index in [-0.39, 0.29) is 6.10 Å². The highest BCUT2D eigenvalue weighted by Crippen LogP contribution is 2.24. The van der Waals surface area contributed by atoms with Gasteiger partial charge in [0.05, 0.1) is 11.8 Å². The molecule has 0 unspecified atom stereocenters. The third-order valence-corrected chi connectivity index (χ3v) is 2.77. The van der Waals surface area contributed by atoms with Crippen LogP contribution >= 0.6 is 0 Å². The van der Waals surface area contributed by atoms with E-state index >= 15 is 0 Å². The number of nitrogens with zero attached hydrogens (tertiary/aromatic N) is 2. The van der Waals surface area contributed by atoms with Crippen LogP contribution in [0.2, 0.25) is 0 Å². The largest absolute Gasteiger partial charge is 0.491 e. The van der Waals surface area contributed by atoms with Gasteiger partial charge in [0, 0.05) is 30.9 Å². The number of aryl methyl sites for hydroxylation is 1. The Morgan fingerprint density at radius 2 is 1.95 bits per heavy atom. The Balaban J connectivity index is 2.26. The van der Waals surface area contributed by atoms with Gasteiger partial charge in [0.15, 0.2) is 0 Å². The number of ether oxygens (including phenoxy) is 1. The second-order valence-corrected chi connectivity index (χ2v) is 4.90. The predicted molar refractivity (Wildman–Crippen MR) is 77.2 cm³/mol. The van der Waals surface area contributed by atoms with Crippen molar-refractivity contribution in [3.05, 3.63) is 36.0 Å². The minimum Gasteiger partial charge on any atom is -0.491 e. The Morgan fingerprint density at radius 1 is 1.26 bits per heavy atom. The molecule has 0 spiro atoms. The maximum Gasteiger partial charge on any atom is 0.119 e. The lowest BCUT2D eigenvalue weighted by molar-refractivity contribution is 0.242. The molecule has 19 heavy (non-hydrogen) atoms. The molecule has 1 heterocycles. The third kappa shape index (κ3) is 3.35. The van der Waals surface area contributed by atoms with Crippen molar-refractivity contribution >= 4 is 0 Å². The Hall–Kier alpha value is -1.81. The smallest absolute Gasteiger partial charge is 0.119 e. The average molecular weight is 259 g/mol. The molecular weight excluding hydrogens is 238 g/mol. The molecule has 0 aliphatic heterocycles. The van der Waals surface area contributed by atoms with Crippen LogP contribution in [-0.2, 0) is 13.6 Å². The molecule has 0 radical (unpaired) electrons. The summed E-state index contributed by atoms with van der Waals surface area (Å²) in [7, 11) is 3.88. The Labute approximate surface area is 114 Å². The lowest BCUT2D eigenvalue weighted by Crippen LogP contribution is -2.06. The van der Waals surface area contributed by atoms with Gasteiger partial charge in [0.1, 0.15) is 5.75 Å². The van der Waals surface area contributed by atoms with E-state index in [9.17, 15) is 0 Å². The van der Waals surface area contributed by atoms with Crippen molar-refractivity contribution in [2.24, 2.45) is 7.05 Å². The quantitative estimate of drug-likeness (QED) is 0.897. The highest BCUT2D eigenvalue weighted by atomic mass is 16.5. The molecule has 0 bridgehead atoms. The first-order valence-electron chi connectivity index (χ1n) is 6.54. The fraction of sp³-hybridized carbons (Fsp3) is 0.400. The molecule has 0 saturated heterocycles. The van der Waals surface area contributed by atoms with Crippen LogP contribution < -0.4 is 10.1 Å². The standard InChI is InChI=1S/C15H21N3O/c1-11(2)19-14-7-5-12(6-8-14)15-13(9-16-3)10-18(4)17-15/h5-8,10-11,16H,9H2,1-4H3. The van der Waals surface area contributed by atoms with Crippen LogP contribution in [0.25, 0.3) is 11.3 Å². The lowest BCUT2D eigenvalue weighted by Gasteiger charge is -2.10. The van der Waals surface area contributed by atoms with Crippen LogP contribution in [0.1, 0.15) is 19.4 Å². The minimum atomic E-state index is 0.195. The van der Waals surface area contributed by atoms with Gasteiger partial charge in [-0.25, -0.2) is 0 Å². The number of hydrogen-bond donors (Lipinski definition) is 1. The molecule has 1 N–H and O–H groups in total. The van der Waals surface area contributed by atoms with Crippen molar-refractivity contribution in [2.45, 2.75) is 26.5 Å². The van der Waals surface area contributed by atoms with Crippen LogP contribution in [0.4, 0.5) is 0 Å². The summed E-state index contributed by atoms with van der Waals surface area (Å²) in [5, 5.41) is 7.69. The molecule has 4 nitrogen and oxygen atoms in total. The van der Waals surface area contributed by atoms with Gasteiger partial charge in [-0.05, 0) is 45.2 Å². The molecule has 1 aromatic heterocycles. The summed E-state index contributed by atoms with van der Waals surface area (Å²) < 4.78 is 7.50. The number of rotatable bonds is 5. The lowest BCUT2D eigenvalue weighted by atomic mass is 10.1. The fourth-order valence-corrected chi connectivity index (χ4v) is 2.06. The third-order valence-electron chi connectivity index (χ3n) is 2.77. The van der Waals surface area contributed by atoms with Crippen molar-refractivity contribution in [1.29, 1.82) is 0 Å². The van der Waals surface area contributed by atoms with E-state index in [1.54, 1.807) is 0 Å². The van der Waals surface area contributed by atoms with Gasteiger partial charge in [-0.15, -0.1) is 0 Å². The average Bonchev–Trinajstić information content (AvgIpc) is 2.71. The van der Waals surface area contributed by atoms with E-state index in [0.29, 0.717) is 0 Å². The number of benzene rings is 1. The number of hydrogen-bond acceptors (Lipinski definition) is 3. The van der Waals surface area contributed by atoms with Crippen molar-refractivity contribution in [2.75, 3.05) is 7.05 Å². The Bertz CT molecular complexity index is 529. The zero-order valence-electron chi connectivity index (χ0n) is 12.0. The van der Waals surface area contributed by atoms with Crippen LogP contribution in [0.15, 0.2) is 30.5 Å². The summed E-state index contributed by atoms with van der Waals surface area (Å²) in [6.07, 6.45) is 2.24. The van der Waals surface area contributed by atoms with Crippen molar-refractivity contribution in [3.63, 3.8) is 0 Å². The van der Waals surface area contributed by atoms with Crippen LogP contribution in [0.3, 0.4) is 0 Å². The van der Waals surface area contributed by atoms with E-state index in [1.165, 1.54) is 5.56 Å². The minimum absolute atomic E-state index is 0.195. The van der Waals surface area contributed by atoms with E-state index in [4.69, 9.17) is 4.74 Å². The number of aromatic nitrogens is 2. The molecule has 0 aliphatic carbocycles. The summed E-state index contributed by atoms with van der Waals surface area (Å²) in [6.45, 7) is 4.86. The maximum atomic E-state index is 5.65. The van der Waals surface area contributed by atoms with Gasteiger partial charge in [0.25, 0.3) is 0 Å². The highest BCUT2D eigenvalue weighted by Gasteiger charge is 2.09. The monoisotopic (exact) mass is 259 g/mol. The van der Waals surface area contributed by atoms with Crippen LogP contribution in [-0.4, -0.2) is 22.9 Å². The van der Waals surface area contributed by atoms with Gasteiger partial charge in [-0.2, -0.15) is 5.10 Å². The predicted octanol–water partition coefficient (Wildman–Crippen LogP) is 2.59. The first-order chi connectivity index (χ1) is 9.10. The molecule has 2 rings (SSSR count). The molecular formula is C15H21N3O. The van der Waals surface area contributed by atoms with E-state index in [1.807, 2.05) is 51.0 Å². The molecule has 102 valence electrons. The van der Waals surface area contributed by atoms with Crippen LogP contribution in [0.5, 0.6) is 5.75 Å². The Kier molecular flexibility index (Phi) is 4.22. The second kappa shape index (κ2) is 5.89. The maximum absolute atomic E-state index is 5.65. The summed E-state index contributed by atoms with van der Waals surface area (Å²) in [5.74, 6) is 0.893. The summed E-state index contributed by atoms with van der Waals surface area (Å²) in [6, 6.07) is 8.10. The fourth-order valence-electron chi connectivity index (χ4n) is 2.06. The molecule has 0 amide bonds. The number of nitrogens with one attached hydrogen (secondary N) is 1. The zero-order chi connectivity index (χ0) is 13.8. The summed E-state index contributed by atoms with van der Waals surface area (Å²) in [5.41, 5.74) is 3.33. The van der Waals surface area contributed by atoms with Gasteiger partial charge in [-0.3, -0.25) is 4.68 Å². The highest BCUT2D eigenvalue weighted by molar-refractivity contribution is 5.63. The molecule has 2 aromatic rings. The SMILES string of the molecule is CNCc1cn(C)nc1-c1ccc(OC(C)C)cc1. The molecule has 0 aliphatic rings. The molecule has 4 heteroatoms. The van der Waals surface area contributed by atoms with Crippen molar-refractivity contribution < 1.29 is 4.74 Å². The molecule has 0 fully saturated rings. The van der Waals surface area contributed by atoms with Crippen molar-refractivity contribution in [3.8, 4) is 17.0 Å². The first kappa shape index (κ1) is 13.6. The van der Waals surface area contributed by atoms with Gasteiger partial charge >= 0.3 is 0 Å². The first-order valence-corrected chi connectivity index (χ1v) is 6.54. The van der Waals surface area contributed by atoms with E-state index in [2.05, 4.69) is 22.5 Å². The summed E-state index contributed by atoms with van der Waals surface area (Å²) >= 11 is 0. The zero-order valence-corrected chi connectivity index (χ0v) is 12.0. The van der Waals surface area contributed by atoms with Gasteiger partial charge in [-0.1, -0.05) is 0 Å². The van der Waals surface area contributed by atoms with E-state index in [0.717, 1.165) is 23.6 Å². The topological polar surface area (TPSA) is 39.1 Å². The molecule has 0 atom stereocenters. The summed E-state index contributed by atoms with van der Waals surface area (Å²) in [4.78, 5) is 0. The van der Waals surface area contributed by atoms with Crippen molar-refractivity contribution in [1.82, 2.24) is 15.1 Å². The van der Waals surface area contributed by atoms with E-state index < -0.39 is 0 Å². The second-order valence-electron chi connectivity index (χ2n) is 4.90. The van der Waals surface area contributed by atoms with Crippen LogP contribution in [0, 0.1) is 0 Å². The molecule has 0 saturated carbocycles. The molecule has 1 aromatic carbocycles. The normalized spacial score (nSPS) is 11.0. The van der Waals surface area contributed by atoms with Gasteiger partial charge in [0.2, 0.25) is 0 Å². The Morgan fingerprint density at radius 3 is 2.53 bits per heavy atom.